The van der Waals surface area contributed by atoms with Crippen molar-refractivity contribution >= 4 is 0 Å². The van der Waals surface area contributed by atoms with Gasteiger partial charge in [-0.15, -0.1) is 0 Å². The molecule has 1 aromatic rings. The second-order valence-electron chi connectivity index (χ2n) is 5.33. The van der Waals surface area contributed by atoms with Gasteiger partial charge in [0.1, 0.15) is 0 Å². The Hall–Kier alpha value is -0.820. The minimum atomic E-state index is 0.216. The van der Waals surface area contributed by atoms with E-state index in [4.69, 9.17) is 5.73 Å². The van der Waals surface area contributed by atoms with Gasteiger partial charge in [0.15, 0.2) is 0 Å². The molecule has 0 saturated heterocycles. The first kappa shape index (κ1) is 15.2. The van der Waals surface area contributed by atoms with Crippen molar-refractivity contribution in [3.05, 3.63) is 35.9 Å². The first-order valence-electron chi connectivity index (χ1n) is 7.60. The summed E-state index contributed by atoms with van der Waals surface area (Å²) in [5.74, 6) is 0.647. The Labute approximate surface area is 113 Å². The third kappa shape index (κ3) is 5.22. The Morgan fingerprint density at radius 2 is 1.61 bits per heavy atom. The highest BCUT2D eigenvalue weighted by molar-refractivity contribution is 5.19. The Balaban J connectivity index is 2.49. The quantitative estimate of drug-likeness (QED) is 0.605. The Bertz CT molecular complexity index is 294. The van der Waals surface area contributed by atoms with Gasteiger partial charge < -0.3 is 5.73 Å². The first-order valence-corrected chi connectivity index (χ1v) is 7.60. The van der Waals surface area contributed by atoms with Crippen molar-refractivity contribution in [3.63, 3.8) is 0 Å². The molecule has 2 N–H and O–H groups in total. The lowest BCUT2D eigenvalue weighted by Gasteiger charge is -2.24. The van der Waals surface area contributed by atoms with Crippen LogP contribution < -0.4 is 5.73 Å². The summed E-state index contributed by atoms with van der Waals surface area (Å²) in [5.41, 5.74) is 7.74. The van der Waals surface area contributed by atoms with Crippen LogP contribution in [0.15, 0.2) is 30.3 Å². The summed E-state index contributed by atoms with van der Waals surface area (Å²) in [4.78, 5) is 0. The van der Waals surface area contributed by atoms with Gasteiger partial charge in [-0.05, 0) is 24.3 Å². The van der Waals surface area contributed by atoms with E-state index < -0.39 is 0 Å². The molecule has 102 valence electrons. The molecule has 1 nitrogen and oxygen atoms in total. The molecular formula is C17H29N. The maximum absolute atomic E-state index is 6.44. The molecule has 2 atom stereocenters. The van der Waals surface area contributed by atoms with E-state index in [-0.39, 0.29) is 6.04 Å². The van der Waals surface area contributed by atoms with Crippen LogP contribution in [0, 0.1) is 5.92 Å². The Morgan fingerprint density at radius 1 is 0.889 bits per heavy atom. The summed E-state index contributed by atoms with van der Waals surface area (Å²) in [5, 5.41) is 0. The van der Waals surface area contributed by atoms with Crippen LogP contribution in [-0.2, 0) is 0 Å². The molecular weight excluding hydrogens is 218 g/mol. The lowest BCUT2D eigenvalue weighted by molar-refractivity contribution is 0.357. The zero-order chi connectivity index (χ0) is 13.2. The predicted octanol–water partition coefficient (Wildman–Crippen LogP) is 5.07. The third-order valence-electron chi connectivity index (χ3n) is 3.78. The molecule has 0 spiro atoms. The van der Waals surface area contributed by atoms with Crippen molar-refractivity contribution < 1.29 is 0 Å². The minimum Gasteiger partial charge on any atom is -0.324 e. The fourth-order valence-corrected chi connectivity index (χ4v) is 2.65. The van der Waals surface area contributed by atoms with Crippen LogP contribution in [0.3, 0.4) is 0 Å². The largest absolute Gasteiger partial charge is 0.324 e. The number of nitrogens with two attached hydrogens (primary N) is 1. The fraction of sp³-hybridized carbons (Fsp3) is 0.647. The summed E-state index contributed by atoms with van der Waals surface area (Å²) in [6.45, 7) is 4.52. The summed E-state index contributed by atoms with van der Waals surface area (Å²) in [6.07, 6.45) is 9.13. The van der Waals surface area contributed by atoms with Crippen LogP contribution >= 0.6 is 0 Å². The third-order valence-corrected chi connectivity index (χ3v) is 3.78. The molecule has 0 aliphatic carbocycles. The smallest absolute Gasteiger partial charge is 0.0323 e. The van der Waals surface area contributed by atoms with Gasteiger partial charge in [-0.3, -0.25) is 0 Å². The highest BCUT2D eigenvalue weighted by atomic mass is 14.6. The van der Waals surface area contributed by atoms with E-state index in [0.29, 0.717) is 5.92 Å². The van der Waals surface area contributed by atoms with Gasteiger partial charge in [0.05, 0.1) is 0 Å². The molecule has 0 radical (unpaired) electrons. The maximum atomic E-state index is 6.44. The van der Waals surface area contributed by atoms with Crippen molar-refractivity contribution in [2.45, 2.75) is 64.8 Å². The van der Waals surface area contributed by atoms with Gasteiger partial charge in [0.25, 0.3) is 0 Å². The number of rotatable bonds is 9. The molecule has 0 heterocycles. The van der Waals surface area contributed by atoms with Gasteiger partial charge in [-0.2, -0.15) is 0 Å². The zero-order valence-electron chi connectivity index (χ0n) is 12.1. The Morgan fingerprint density at radius 3 is 2.22 bits per heavy atom. The molecule has 18 heavy (non-hydrogen) atoms. The average Bonchev–Trinajstić information content (AvgIpc) is 2.42. The Kier molecular flexibility index (Phi) is 7.75. The number of hydrogen-bond donors (Lipinski definition) is 1. The van der Waals surface area contributed by atoms with Crippen molar-refractivity contribution in [1.29, 1.82) is 0 Å². The van der Waals surface area contributed by atoms with Crippen LogP contribution in [0.5, 0.6) is 0 Å². The molecule has 0 bridgehead atoms. The highest BCUT2D eigenvalue weighted by Crippen LogP contribution is 2.28. The van der Waals surface area contributed by atoms with Crippen LogP contribution in [0.25, 0.3) is 0 Å². The summed E-state index contributed by atoms with van der Waals surface area (Å²) >= 11 is 0. The first-order chi connectivity index (χ1) is 8.79. The molecule has 1 heteroatoms. The number of hydrogen-bond acceptors (Lipinski definition) is 1. The minimum absolute atomic E-state index is 0.216. The monoisotopic (exact) mass is 247 g/mol. The second-order valence-corrected chi connectivity index (χ2v) is 5.33. The highest BCUT2D eigenvalue weighted by Gasteiger charge is 2.17. The van der Waals surface area contributed by atoms with Gasteiger partial charge in [-0.25, -0.2) is 0 Å². The maximum Gasteiger partial charge on any atom is 0.0323 e. The van der Waals surface area contributed by atoms with E-state index in [1.165, 1.54) is 50.5 Å². The summed E-state index contributed by atoms with van der Waals surface area (Å²) in [6, 6.07) is 10.8. The summed E-state index contributed by atoms with van der Waals surface area (Å²) < 4.78 is 0. The predicted molar refractivity (Wildman–Crippen MR) is 80.5 cm³/mol. The van der Waals surface area contributed by atoms with Crippen molar-refractivity contribution in [3.8, 4) is 0 Å². The van der Waals surface area contributed by atoms with E-state index in [2.05, 4.69) is 44.2 Å². The van der Waals surface area contributed by atoms with Crippen molar-refractivity contribution in [2.75, 3.05) is 0 Å². The normalized spacial score (nSPS) is 14.4. The van der Waals surface area contributed by atoms with E-state index in [1.54, 1.807) is 0 Å². The molecule has 0 aliphatic rings. The number of unbranched alkanes of at least 4 members (excludes halogenated alkanes) is 3. The zero-order valence-corrected chi connectivity index (χ0v) is 12.1. The van der Waals surface area contributed by atoms with Gasteiger partial charge in [0.2, 0.25) is 0 Å². The molecule has 1 rings (SSSR count). The van der Waals surface area contributed by atoms with Gasteiger partial charge in [-0.1, -0.05) is 76.3 Å². The summed E-state index contributed by atoms with van der Waals surface area (Å²) in [7, 11) is 0. The van der Waals surface area contributed by atoms with Crippen molar-refractivity contribution in [1.82, 2.24) is 0 Å². The standard InChI is InChI=1S/C17H29N/c1-3-5-6-8-12-15(11-4-2)17(18)16-13-9-7-10-14-16/h7,9-10,13-15,17H,3-6,8,11-12,18H2,1-2H3. The SMILES string of the molecule is CCCCCCC(CCC)C(N)c1ccccc1. The molecule has 0 fully saturated rings. The molecule has 0 aromatic heterocycles. The van der Waals surface area contributed by atoms with E-state index in [9.17, 15) is 0 Å². The van der Waals surface area contributed by atoms with Crippen LogP contribution in [0.4, 0.5) is 0 Å². The molecule has 0 aliphatic heterocycles. The van der Waals surface area contributed by atoms with Crippen molar-refractivity contribution in [2.24, 2.45) is 11.7 Å². The fourth-order valence-electron chi connectivity index (χ4n) is 2.65. The number of benzene rings is 1. The van der Waals surface area contributed by atoms with E-state index in [0.717, 1.165) is 0 Å². The topological polar surface area (TPSA) is 26.0 Å². The van der Waals surface area contributed by atoms with Crippen LogP contribution in [0.1, 0.15) is 70.4 Å². The van der Waals surface area contributed by atoms with Crippen LogP contribution in [-0.4, -0.2) is 0 Å². The molecule has 2 unspecified atom stereocenters. The lowest BCUT2D eigenvalue weighted by atomic mass is 9.86. The van der Waals surface area contributed by atoms with E-state index >= 15 is 0 Å². The van der Waals surface area contributed by atoms with E-state index in [1.807, 2.05) is 0 Å². The molecule has 0 saturated carbocycles. The molecule has 1 aromatic carbocycles. The van der Waals surface area contributed by atoms with Gasteiger partial charge in [0, 0.05) is 6.04 Å². The average molecular weight is 247 g/mol. The van der Waals surface area contributed by atoms with Gasteiger partial charge >= 0.3 is 0 Å². The van der Waals surface area contributed by atoms with Crippen LogP contribution in [0.2, 0.25) is 0 Å². The lowest BCUT2D eigenvalue weighted by Crippen LogP contribution is -2.21. The molecule has 0 amide bonds. The second kappa shape index (κ2) is 9.16.